The van der Waals surface area contributed by atoms with Crippen LogP contribution in [0.4, 0.5) is 0 Å². The van der Waals surface area contributed by atoms with Crippen molar-refractivity contribution >= 4 is 46.7 Å². The predicted octanol–water partition coefficient (Wildman–Crippen LogP) is -11.8. The van der Waals surface area contributed by atoms with Gasteiger partial charge in [-0.3, -0.25) is 0 Å². The molecule has 4 aromatic rings. The number of thiophene rings is 1. The van der Waals surface area contributed by atoms with Crippen LogP contribution < -0.4 is 28.2 Å². The molecular weight excluding hydrogens is 564 g/mol. The van der Waals surface area contributed by atoms with E-state index in [0.29, 0.717) is 0 Å². The molecule has 0 fully saturated rings. The van der Waals surface area contributed by atoms with Gasteiger partial charge in [0.2, 0.25) is 0 Å². The van der Waals surface area contributed by atoms with E-state index < -0.39 is 0 Å². The van der Waals surface area contributed by atoms with E-state index in [4.69, 9.17) is 0 Å². The fourth-order valence-electron chi connectivity index (χ4n) is 2.72. The van der Waals surface area contributed by atoms with Gasteiger partial charge in [-0.1, -0.05) is 42.5 Å². The maximum absolute atomic E-state index is 2.28. The molecular formula is C22H17F6S2Sb. The molecule has 31 heavy (non-hydrogen) atoms. The van der Waals surface area contributed by atoms with E-state index >= 15 is 0 Å². The van der Waals surface area contributed by atoms with Crippen LogP contribution in [0.15, 0.2) is 117 Å². The van der Waals surface area contributed by atoms with E-state index in [9.17, 15) is 0 Å². The Morgan fingerprint density at radius 3 is 1.26 bits per heavy atom. The molecule has 4 rings (SSSR count). The Morgan fingerprint density at radius 1 is 0.452 bits per heavy atom. The monoisotopic (exact) mass is 580 g/mol. The zero-order valence-corrected chi connectivity index (χ0v) is 20.0. The summed E-state index contributed by atoms with van der Waals surface area (Å²) in [6, 6.07) is 34.9. The maximum Gasteiger partial charge on any atom is 5.00 e. The van der Waals surface area contributed by atoms with Crippen molar-refractivity contribution in [1.29, 1.82) is 0 Å². The van der Waals surface area contributed by atoms with Crippen LogP contribution >= 0.6 is 11.3 Å². The second-order valence-corrected chi connectivity index (χ2v) is 8.41. The largest absolute Gasteiger partial charge is 5.00 e. The fourth-order valence-corrected chi connectivity index (χ4v) is 5.54. The molecule has 0 unspecified atom stereocenters. The molecule has 1 aromatic heterocycles. The number of rotatable bonds is 4. The summed E-state index contributed by atoms with van der Waals surface area (Å²) in [4.78, 5) is 5.38. The van der Waals surface area contributed by atoms with Crippen molar-refractivity contribution < 1.29 is 28.2 Å². The van der Waals surface area contributed by atoms with Crippen LogP contribution in [0.5, 0.6) is 0 Å². The average Bonchev–Trinajstić information content (AvgIpc) is 3.19. The van der Waals surface area contributed by atoms with E-state index in [2.05, 4.69) is 102 Å². The Morgan fingerprint density at radius 2 is 0.871 bits per heavy atom. The third-order valence-electron chi connectivity index (χ3n) is 3.85. The van der Waals surface area contributed by atoms with E-state index in [-0.39, 0.29) is 63.5 Å². The molecule has 9 heteroatoms. The summed E-state index contributed by atoms with van der Waals surface area (Å²) in [5.41, 5.74) is 1.29. The fraction of sp³-hybridized carbons (Fsp3) is 0. The first-order valence-electron chi connectivity index (χ1n) is 7.90. The van der Waals surface area contributed by atoms with Gasteiger partial charge in [0.15, 0.2) is 14.7 Å². The summed E-state index contributed by atoms with van der Waals surface area (Å²) in [6.07, 6.45) is 0. The second kappa shape index (κ2) is 17.8. The van der Waals surface area contributed by atoms with Crippen LogP contribution in [0.1, 0.15) is 0 Å². The predicted molar refractivity (Wildman–Crippen MR) is 111 cm³/mol. The summed E-state index contributed by atoms with van der Waals surface area (Å²) in [5.74, 6) is 0. The van der Waals surface area contributed by atoms with Gasteiger partial charge in [0.1, 0.15) is 0 Å². The first kappa shape index (κ1) is 36.5. The molecule has 0 N–H and O–H groups in total. The van der Waals surface area contributed by atoms with E-state index in [0.717, 1.165) is 0 Å². The van der Waals surface area contributed by atoms with Crippen molar-refractivity contribution in [2.45, 2.75) is 14.7 Å². The van der Waals surface area contributed by atoms with Gasteiger partial charge in [-0.15, -0.1) is 11.3 Å². The number of benzene rings is 3. The molecule has 0 saturated heterocycles. The molecule has 0 bridgehead atoms. The van der Waals surface area contributed by atoms with Crippen LogP contribution in [0.2, 0.25) is 0 Å². The first-order valence-corrected chi connectivity index (χ1v) is 10.0. The maximum atomic E-state index is 2.28. The van der Waals surface area contributed by atoms with Crippen molar-refractivity contribution in [3.63, 3.8) is 0 Å². The molecule has 0 spiro atoms. The van der Waals surface area contributed by atoms with Crippen molar-refractivity contribution in [3.8, 4) is 10.4 Å². The quantitative estimate of drug-likeness (QED) is 0.128. The first-order chi connectivity index (χ1) is 11.9. The van der Waals surface area contributed by atoms with Gasteiger partial charge in [0, 0.05) is 4.88 Å². The average molecular weight is 581 g/mol. The third-order valence-corrected chi connectivity index (χ3v) is 7.00. The number of halogens is 6. The van der Waals surface area contributed by atoms with E-state index in [1.54, 1.807) is 11.3 Å². The summed E-state index contributed by atoms with van der Waals surface area (Å²) in [7, 11) is -0.0663. The summed E-state index contributed by atoms with van der Waals surface area (Å²) in [5, 5.41) is 2.13. The van der Waals surface area contributed by atoms with E-state index in [1.165, 1.54) is 25.1 Å². The van der Waals surface area contributed by atoms with Gasteiger partial charge in [-0.05, 0) is 65.5 Å². The van der Waals surface area contributed by atoms with Crippen molar-refractivity contribution in [1.82, 2.24) is 0 Å². The van der Waals surface area contributed by atoms with Crippen LogP contribution in [0.25, 0.3) is 10.4 Å². The van der Waals surface area contributed by atoms with Crippen molar-refractivity contribution in [3.05, 3.63) is 102 Å². The minimum absolute atomic E-state index is 0. The molecule has 0 saturated carbocycles. The Labute approximate surface area is 201 Å². The molecule has 0 amide bonds. The Bertz CT molecular complexity index is 868. The van der Waals surface area contributed by atoms with Crippen molar-refractivity contribution in [2.75, 3.05) is 0 Å². The normalized spacial score (nSPS) is 8.42. The molecule has 3 aromatic carbocycles. The zero-order chi connectivity index (χ0) is 16.2. The topological polar surface area (TPSA) is 0 Å². The van der Waals surface area contributed by atoms with Gasteiger partial charge in [0.05, 0.1) is 10.9 Å². The minimum Gasteiger partial charge on any atom is -1.00 e. The Hall–Kier alpha value is -1.89. The summed E-state index contributed by atoms with van der Waals surface area (Å²) in [6.45, 7) is 0. The third kappa shape index (κ3) is 8.63. The molecule has 0 aliphatic rings. The van der Waals surface area contributed by atoms with Gasteiger partial charge in [0.25, 0.3) is 0 Å². The molecule has 1 heterocycles. The SMILES string of the molecule is [F-].[F-].[F-].[F-].[F-].[F-].[Sb+5].c1ccc([S+](c2ccccc2)c2ccc(-c3cccs3)cc2)cc1. The number of hydrogen-bond acceptors (Lipinski definition) is 1. The Kier molecular flexibility index (Phi) is 20.9. The van der Waals surface area contributed by atoms with Crippen LogP contribution in [-0.4, -0.2) is 24.4 Å². The van der Waals surface area contributed by atoms with Gasteiger partial charge in [-0.25, -0.2) is 0 Å². The second-order valence-electron chi connectivity index (χ2n) is 5.43. The molecule has 0 aliphatic heterocycles. The summed E-state index contributed by atoms with van der Waals surface area (Å²) < 4.78 is 0. The van der Waals surface area contributed by atoms with Crippen LogP contribution in [-0.2, 0) is 10.9 Å². The Balaban J connectivity index is -0.000000521. The smallest absolute Gasteiger partial charge is 1.00 e. The van der Waals surface area contributed by atoms with Crippen LogP contribution in [0.3, 0.4) is 0 Å². The summed E-state index contributed by atoms with van der Waals surface area (Å²) >= 11 is 1.79. The zero-order valence-electron chi connectivity index (χ0n) is 15.8. The molecule has 0 aliphatic carbocycles. The van der Waals surface area contributed by atoms with Gasteiger partial charge >= 0.3 is 24.4 Å². The van der Waals surface area contributed by atoms with Gasteiger partial charge in [-0.2, -0.15) is 0 Å². The molecule has 164 valence electrons. The van der Waals surface area contributed by atoms with Crippen LogP contribution in [0, 0.1) is 0 Å². The molecule has 0 atom stereocenters. The number of hydrogen-bond donors (Lipinski definition) is 0. The van der Waals surface area contributed by atoms with Crippen molar-refractivity contribution in [2.24, 2.45) is 0 Å². The molecule has 0 radical (unpaired) electrons. The van der Waals surface area contributed by atoms with E-state index in [1.807, 2.05) is 0 Å². The standard InChI is InChI=1S/C22H17S2.6FH.Sb/c1-3-8-19(9-4-1)24(20-10-5-2-6-11-20)21-15-13-18(14-16-21)22-12-7-17-23-22;;;;;;;/h1-17H;6*1H;/q+1;;;;;;;+5/p-6. The minimum atomic E-state index is -0.0663. The van der Waals surface area contributed by atoms with Gasteiger partial charge < -0.3 is 28.2 Å². The molecule has 0 nitrogen and oxygen atoms in total.